The van der Waals surface area contributed by atoms with E-state index in [4.69, 9.17) is 17.3 Å². The van der Waals surface area contributed by atoms with E-state index in [9.17, 15) is 13.2 Å². The van der Waals surface area contributed by atoms with E-state index < -0.39 is 11.7 Å². The Morgan fingerprint density at radius 2 is 1.86 bits per heavy atom. The van der Waals surface area contributed by atoms with Gasteiger partial charge >= 0.3 is 6.18 Å². The zero-order valence-electron chi connectivity index (χ0n) is 11.4. The summed E-state index contributed by atoms with van der Waals surface area (Å²) in [5, 5.41) is 1.32. The third-order valence-electron chi connectivity index (χ3n) is 3.50. The number of hydrogen-bond acceptors (Lipinski definition) is 1. The third-order valence-corrected chi connectivity index (χ3v) is 3.82. The van der Waals surface area contributed by atoms with Gasteiger partial charge in [0.05, 0.1) is 16.3 Å². The molecule has 0 aliphatic carbocycles. The average Bonchev–Trinajstić information content (AvgIpc) is 2.81. The molecule has 0 fully saturated rings. The maximum absolute atomic E-state index is 12.8. The van der Waals surface area contributed by atoms with Crippen LogP contribution in [0.15, 0.2) is 48.7 Å². The molecule has 22 heavy (non-hydrogen) atoms. The van der Waals surface area contributed by atoms with Crippen molar-refractivity contribution in [2.75, 3.05) is 5.73 Å². The fourth-order valence-electron chi connectivity index (χ4n) is 2.41. The summed E-state index contributed by atoms with van der Waals surface area (Å²) in [7, 11) is 0. The minimum absolute atomic E-state index is 0.327. The van der Waals surface area contributed by atoms with Crippen molar-refractivity contribution in [1.82, 2.24) is 4.57 Å². The Kier molecular flexibility index (Phi) is 3.53. The minimum Gasteiger partial charge on any atom is -0.398 e. The number of nitrogen functional groups attached to an aromatic ring is 1. The Bertz CT molecular complexity index is 837. The predicted molar refractivity (Wildman–Crippen MR) is 81.9 cm³/mol. The molecule has 0 aliphatic heterocycles. The van der Waals surface area contributed by atoms with Crippen LogP contribution in [0.4, 0.5) is 18.9 Å². The average molecular weight is 325 g/mol. The summed E-state index contributed by atoms with van der Waals surface area (Å²) < 4.78 is 40.1. The molecule has 2 nitrogen and oxygen atoms in total. The van der Waals surface area contributed by atoms with Crippen molar-refractivity contribution in [3.05, 3.63) is 64.8 Å². The number of halogens is 4. The summed E-state index contributed by atoms with van der Waals surface area (Å²) in [6, 6.07) is 10.6. The summed E-state index contributed by atoms with van der Waals surface area (Å²) in [4.78, 5) is 0. The van der Waals surface area contributed by atoms with E-state index in [1.807, 2.05) is 10.6 Å². The Morgan fingerprint density at radius 3 is 2.59 bits per heavy atom. The molecule has 2 aromatic carbocycles. The van der Waals surface area contributed by atoms with Gasteiger partial charge in [-0.2, -0.15) is 13.2 Å². The summed E-state index contributed by atoms with van der Waals surface area (Å²) >= 11 is 6.02. The van der Waals surface area contributed by atoms with Crippen LogP contribution in [-0.4, -0.2) is 4.57 Å². The molecule has 0 spiro atoms. The van der Waals surface area contributed by atoms with Crippen molar-refractivity contribution >= 4 is 28.2 Å². The molecule has 6 heteroatoms. The highest BCUT2D eigenvalue weighted by Gasteiger charge is 2.30. The molecule has 0 aliphatic rings. The monoisotopic (exact) mass is 324 g/mol. The highest BCUT2D eigenvalue weighted by molar-refractivity contribution is 6.33. The molecule has 2 N–H and O–H groups in total. The zero-order chi connectivity index (χ0) is 15.9. The number of rotatable bonds is 2. The number of nitrogens with zero attached hydrogens (tertiary/aromatic N) is 1. The second kappa shape index (κ2) is 5.25. The molecule has 1 heterocycles. The molecular weight excluding hydrogens is 313 g/mol. The SMILES string of the molecule is Nc1cc2ccn(Cc3cccc(C(F)(F)F)c3)c2cc1Cl. The highest BCUT2D eigenvalue weighted by atomic mass is 35.5. The number of alkyl halides is 3. The molecule has 3 rings (SSSR count). The molecular formula is C16H12ClF3N2. The smallest absolute Gasteiger partial charge is 0.398 e. The molecule has 0 radical (unpaired) electrons. The molecule has 3 aromatic rings. The van der Waals surface area contributed by atoms with Crippen LogP contribution >= 0.6 is 11.6 Å². The van der Waals surface area contributed by atoms with Crippen LogP contribution in [0, 0.1) is 0 Å². The number of aromatic nitrogens is 1. The largest absolute Gasteiger partial charge is 0.416 e. The van der Waals surface area contributed by atoms with Crippen LogP contribution in [-0.2, 0) is 12.7 Å². The van der Waals surface area contributed by atoms with E-state index in [0.29, 0.717) is 22.8 Å². The quantitative estimate of drug-likeness (QED) is 0.665. The lowest BCUT2D eigenvalue weighted by Crippen LogP contribution is -2.06. The fraction of sp³-hybridized carbons (Fsp3) is 0.125. The first-order chi connectivity index (χ1) is 10.3. The van der Waals surface area contributed by atoms with E-state index >= 15 is 0 Å². The van der Waals surface area contributed by atoms with Gasteiger partial charge in [-0.05, 0) is 35.9 Å². The van der Waals surface area contributed by atoms with Crippen LogP contribution in [0.2, 0.25) is 5.02 Å². The lowest BCUT2D eigenvalue weighted by molar-refractivity contribution is -0.137. The Labute approximate surface area is 129 Å². The van der Waals surface area contributed by atoms with E-state index in [2.05, 4.69) is 0 Å². The van der Waals surface area contributed by atoms with Gasteiger partial charge in [0.15, 0.2) is 0 Å². The zero-order valence-corrected chi connectivity index (χ0v) is 12.1. The molecule has 0 unspecified atom stereocenters. The molecule has 0 atom stereocenters. The van der Waals surface area contributed by atoms with Gasteiger partial charge in [0.25, 0.3) is 0 Å². The first kappa shape index (κ1) is 14.8. The molecule has 1 aromatic heterocycles. The van der Waals surface area contributed by atoms with Crippen molar-refractivity contribution in [3.63, 3.8) is 0 Å². The van der Waals surface area contributed by atoms with Crippen molar-refractivity contribution in [2.45, 2.75) is 12.7 Å². The second-order valence-electron chi connectivity index (χ2n) is 5.07. The number of fused-ring (bicyclic) bond motifs is 1. The first-order valence-corrected chi connectivity index (χ1v) is 6.92. The van der Waals surface area contributed by atoms with Gasteiger partial charge in [-0.3, -0.25) is 0 Å². The maximum Gasteiger partial charge on any atom is 0.416 e. The van der Waals surface area contributed by atoms with Gasteiger partial charge in [0, 0.05) is 23.6 Å². The number of benzene rings is 2. The van der Waals surface area contributed by atoms with E-state index in [-0.39, 0.29) is 0 Å². The summed E-state index contributed by atoms with van der Waals surface area (Å²) in [5.41, 5.74) is 6.98. The molecule has 0 amide bonds. The molecule has 0 saturated carbocycles. The van der Waals surface area contributed by atoms with Crippen molar-refractivity contribution < 1.29 is 13.2 Å². The number of nitrogens with two attached hydrogens (primary N) is 1. The summed E-state index contributed by atoms with van der Waals surface area (Å²) in [6.07, 6.45) is -2.53. The molecule has 0 saturated heterocycles. The Balaban J connectivity index is 1.99. The predicted octanol–water partition coefficient (Wildman–Crippen LogP) is 4.94. The summed E-state index contributed by atoms with van der Waals surface area (Å²) in [6.45, 7) is 0.327. The lowest BCUT2D eigenvalue weighted by Gasteiger charge is -2.10. The minimum atomic E-state index is -4.34. The van der Waals surface area contributed by atoms with Crippen molar-refractivity contribution in [2.24, 2.45) is 0 Å². The van der Waals surface area contributed by atoms with E-state index in [0.717, 1.165) is 23.0 Å². The van der Waals surface area contributed by atoms with Gasteiger partial charge in [0.2, 0.25) is 0 Å². The Hall–Kier alpha value is -2.14. The molecule has 0 bridgehead atoms. The number of hydrogen-bond donors (Lipinski definition) is 1. The van der Waals surface area contributed by atoms with Crippen LogP contribution < -0.4 is 5.73 Å². The van der Waals surface area contributed by atoms with Gasteiger partial charge in [-0.25, -0.2) is 0 Å². The van der Waals surface area contributed by atoms with Gasteiger partial charge in [0.1, 0.15) is 0 Å². The molecule has 114 valence electrons. The van der Waals surface area contributed by atoms with E-state index in [1.54, 1.807) is 24.4 Å². The fourth-order valence-corrected chi connectivity index (χ4v) is 2.57. The van der Waals surface area contributed by atoms with E-state index in [1.165, 1.54) is 6.07 Å². The lowest BCUT2D eigenvalue weighted by atomic mass is 10.1. The standard InChI is InChI=1S/C16H12ClF3N2/c17-13-8-15-11(7-14(13)21)4-5-22(15)9-10-2-1-3-12(6-10)16(18,19)20/h1-8H,9,21H2. The highest BCUT2D eigenvalue weighted by Crippen LogP contribution is 2.30. The van der Waals surface area contributed by atoms with Crippen LogP contribution in [0.25, 0.3) is 10.9 Å². The third kappa shape index (κ3) is 2.76. The van der Waals surface area contributed by atoms with Crippen LogP contribution in [0.5, 0.6) is 0 Å². The number of anilines is 1. The Morgan fingerprint density at radius 1 is 1.09 bits per heavy atom. The van der Waals surface area contributed by atoms with Gasteiger partial charge < -0.3 is 10.3 Å². The summed E-state index contributed by atoms with van der Waals surface area (Å²) in [5.74, 6) is 0. The normalized spacial score (nSPS) is 12.0. The van der Waals surface area contributed by atoms with Crippen molar-refractivity contribution in [1.29, 1.82) is 0 Å². The first-order valence-electron chi connectivity index (χ1n) is 6.54. The second-order valence-corrected chi connectivity index (χ2v) is 5.48. The van der Waals surface area contributed by atoms with Crippen LogP contribution in [0.3, 0.4) is 0 Å². The van der Waals surface area contributed by atoms with Gasteiger partial charge in [-0.1, -0.05) is 23.7 Å². The van der Waals surface area contributed by atoms with Crippen molar-refractivity contribution in [3.8, 4) is 0 Å². The topological polar surface area (TPSA) is 30.9 Å². The van der Waals surface area contributed by atoms with Crippen LogP contribution in [0.1, 0.15) is 11.1 Å². The van der Waals surface area contributed by atoms with Gasteiger partial charge in [-0.15, -0.1) is 0 Å². The maximum atomic E-state index is 12.8.